The molecule has 0 unspecified atom stereocenters. The zero-order valence-corrected chi connectivity index (χ0v) is 17.3. The van der Waals surface area contributed by atoms with Crippen molar-refractivity contribution in [2.75, 3.05) is 19.6 Å². The third-order valence-corrected chi connectivity index (χ3v) is 6.52. The van der Waals surface area contributed by atoms with E-state index >= 15 is 0 Å². The zero-order chi connectivity index (χ0) is 19.6. The molecule has 1 aromatic carbocycles. The Hall–Kier alpha value is -1.70. The molecule has 1 aromatic heterocycles. The van der Waals surface area contributed by atoms with E-state index in [1.807, 2.05) is 6.92 Å². The largest absolute Gasteiger partial charge is 0.449 e. The number of nitrogens with zero attached hydrogens (tertiary/aromatic N) is 2. The number of hydrogen-bond acceptors (Lipinski definition) is 5. The molecule has 0 saturated carbocycles. The lowest BCUT2D eigenvalue weighted by atomic mass is 9.92. The third kappa shape index (κ3) is 5.18. The number of benzene rings is 1. The number of sulfonamides is 1. The van der Waals surface area contributed by atoms with Crippen LogP contribution in [-0.2, 0) is 10.0 Å². The van der Waals surface area contributed by atoms with E-state index in [1.54, 1.807) is 37.5 Å². The predicted molar refractivity (Wildman–Crippen MR) is 106 cm³/mol. The van der Waals surface area contributed by atoms with Gasteiger partial charge >= 0.3 is 0 Å². The van der Waals surface area contributed by atoms with Crippen molar-refractivity contribution >= 4 is 10.0 Å². The quantitative estimate of drug-likeness (QED) is 0.818. The van der Waals surface area contributed by atoms with Gasteiger partial charge in [0.1, 0.15) is 12.0 Å². The molecule has 0 aliphatic carbocycles. The van der Waals surface area contributed by atoms with Crippen molar-refractivity contribution in [1.29, 1.82) is 0 Å². The van der Waals surface area contributed by atoms with Gasteiger partial charge in [-0.05, 0) is 37.3 Å². The smallest absolute Gasteiger partial charge is 0.240 e. The zero-order valence-electron chi connectivity index (χ0n) is 16.5. The van der Waals surface area contributed by atoms with Gasteiger partial charge in [-0.3, -0.25) is 0 Å². The summed E-state index contributed by atoms with van der Waals surface area (Å²) in [6.45, 7) is 11.0. The maximum atomic E-state index is 12.7. The molecule has 0 radical (unpaired) electrons. The van der Waals surface area contributed by atoms with Gasteiger partial charge in [-0.15, -0.1) is 0 Å². The number of oxazole rings is 1. The summed E-state index contributed by atoms with van der Waals surface area (Å²) in [5, 5.41) is 0. The molecule has 1 aliphatic heterocycles. The van der Waals surface area contributed by atoms with Crippen LogP contribution < -0.4 is 4.72 Å². The number of aromatic nitrogens is 1. The highest BCUT2D eigenvalue weighted by molar-refractivity contribution is 7.89. The standard InChI is InChI=1S/C20H29N3O3S/c1-14-9-15(2)11-23(10-14)12-16(3)22-27(24,25)19-7-5-18(6-8-19)20-13-26-17(4)21-20/h5-8,13-16,22H,9-12H2,1-4H3/t14-,15-,16+/m0/s1. The number of nitrogens with one attached hydrogen (secondary N) is 1. The van der Waals surface area contributed by atoms with Gasteiger partial charge in [0.2, 0.25) is 10.0 Å². The van der Waals surface area contributed by atoms with Crippen molar-refractivity contribution in [2.24, 2.45) is 11.8 Å². The van der Waals surface area contributed by atoms with Crippen LogP contribution in [0.5, 0.6) is 0 Å². The van der Waals surface area contributed by atoms with Gasteiger partial charge in [-0.25, -0.2) is 18.1 Å². The fourth-order valence-electron chi connectivity index (χ4n) is 4.00. The number of aryl methyl sites for hydroxylation is 1. The Balaban J connectivity index is 1.63. The van der Waals surface area contributed by atoms with Crippen LogP contribution in [0.2, 0.25) is 0 Å². The molecule has 148 valence electrons. The first-order valence-electron chi connectivity index (χ1n) is 9.50. The Bertz CT molecular complexity index is 851. The Labute approximate surface area is 162 Å². The molecule has 1 aliphatic rings. The van der Waals surface area contributed by atoms with Crippen LogP contribution in [0.1, 0.15) is 33.1 Å². The topological polar surface area (TPSA) is 75.4 Å². The third-order valence-electron chi connectivity index (χ3n) is 4.91. The fourth-order valence-corrected chi connectivity index (χ4v) is 5.23. The van der Waals surface area contributed by atoms with Crippen LogP contribution in [0.4, 0.5) is 0 Å². The van der Waals surface area contributed by atoms with Crippen molar-refractivity contribution in [3.05, 3.63) is 36.4 Å². The predicted octanol–water partition coefficient (Wildman–Crippen LogP) is 3.29. The maximum Gasteiger partial charge on any atom is 0.240 e. The van der Waals surface area contributed by atoms with Crippen LogP contribution in [0, 0.1) is 18.8 Å². The van der Waals surface area contributed by atoms with Crippen molar-refractivity contribution in [2.45, 2.75) is 45.1 Å². The van der Waals surface area contributed by atoms with Gasteiger partial charge in [0, 0.05) is 38.2 Å². The minimum absolute atomic E-state index is 0.148. The highest BCUT2D eigenvalue weighted by Crippen LogP contribution is 2.22. The lowest BCUT2D eigenvalue weighted by molar-refractivity contribution is 0.134. The number of rotatable bonds is 6. The first kappa shape index (κ1) is 20.0. The molecule has 27 heavy (non-hydrogen) atoms. The molecule has 1 saturated heterocycles. The highest BCUT2D eigenvalue weighted by atomic mass is 32.2. The number of hydrogen-bond donors (Lipinski definition) is 1. The lowest BCUT2D eigenvalue weighted by Gasteiger charge is -2.36. The van der Waals surface area contributed by atoms with E-state index in [0.717, 1.165) is 25.2 Å². The molecule has 3 atom stereocenters. The summed E-state index contributed by atoms with van der Waals surface area (Å²) in [6.07, 6.45) is 2.81. The summed E-state index contributed by atoms with van der Waals surface area (Å²) in [5.41, 5.74) is 1.53. The van der Waals surface area contributed by atoms with E-state index in [-0.39, 0.29) is 10.9 Å². The van der Waals surface area contributed by atoms with Crippen molar-refractivity contribution in [1.82, 2.24) is 14.6 Å². The van der Waals surface area contributed by atoms with E-state index in [4.69, 9.17) is 4.42 Å². The minimum Gasteiger partial charge on any atom is -0.449 e. The molecule has 0 bridgehead atoms. The molecule has 2 heterocycles. The van der Waals surface area contributed by atoms with E-state index in [9.17, 15) is 8.42 Å². The number of likely N-dealkylation sites (tertiary alicyclic amines) is 1. The Kier molecular flexibility index (Phi) is 6.03. The first-order chi connectivity index (χ1) is 12.7. The highest BCUT2D eigenvalue weighted by Gasteiger charge is 2.25. The van der Waals surface area contributed by atoms with E-state index in [2.05, 4.69) is 28.5 Å². The second kappa shape index (κ2) is 8.12. The van der Waals surface area contributed by atoms with Gasteiger partial charge in [-0.1, -0.05) is 26.0 Å². The molecule has 6 nitrogen and oxygen atoms in total. The molecule has 1 fully saturated rings. The molecule has 2 aromatic rings. The minimum atomic E-state index is -3.55. The molecule has 1 N–H and O–H groups in total. The van der Waals surface area contributed by atoms with Crippen LogP contribution in [-0.4, -0.2) is 44.0 Å². The average molecular weight is 392 g/mol. The number of piperidine rings is 1. The van der Waals surface area contributed by atoms with Gasteiger partial charge < -0.3 is 9.32 Å². The van der Waals surface area contributed by atoms with Crippen LogP contribution in [0.25, 0.3) is 11.3 Å². The Morgan fingerprint density at radius 3 is 2.41 bits per heavy atom. The first-order valence-corrected chi connectivity index (χ1v) is 11.0. The van der Waals surface area contributed by atoms with Crippen molar-refractivity contribution in [3.8, 4) is 11.3 Å². The van der Waals surface area contributed by atoms with Crippen molar-refractivity contribution in [3.63, 3.8) is 0 Å². The van der Waals surface area contributed by atoms with Gasteiger partial charge in [-0.2, -0.15) is 0 Å². The van der Waals surface area contributed by atoms with Gasteiger partial charge in [0.05, 0.1) is 4.90 Å². The van der Waals surface area contributed by atoms with Gasteiger partial charge in [0.25, 0.3) is 0 Å². The summed E-state index contributed by atoms with van der Waals surface area (Å²) >= 11 is 0. The van der Waals surface area contributed by atoms with Crippen LogP contribution >= 0.6 is 0 Å². The van der Waals surface area contributed by atoms with Crippen LogP contribution in [0.3, 0.4) is 0 Å². The average Bonchev–Trinajstić information content (AvgIpc) is 3.00. The molecule has 0 amide bonds. The Morgan fingerprint density at radius 1 is 1.22 bits per heavy atom. The summed E-state index contributed by atoms with van der Waals surface area (Å²) < 4.78 is 33.4. The molecular formula is C20H29N3O3S. The fraction of sp³-hybridized carbons (Fsp3) is 0.550. The second-order valence-electron chi connectivity index (χ2n) is 7.96. The molecular weight excluding hydrogens is 362 g/mol. The maximum absolute atomic E-state index is 12.7. The molecule has 7 heteroatoms. The lowest BCUT2D eigenvalue weighted by Crippen LogP contribution is -2.46. The van der Waals surface area contributed by atoms with E-state index in [0.29, 0.717) is 23.4 Å². The summed E-state index contributed by atoms with van der Waals surface area (Å²) in [6, 6.07) is 6.58. The SMILES string of the molecule is Cc1nc(-c2ccc(S(=O)(=O)N[C@H](C)CN3C[C@@H](C)C[C@H](C)C3)cc2)co1. The van der Waals surface area contributed by atoms with Gasteiger partial charge in [0.15, 0.2) is 5.89 Å². The molecule has 0 spiro atoms. The molecule has 3 rings (SSSR count). The van der Waals surface area contributed by atoms with Crippen LogP contribution in [0.15, 0.2) is 39.8 Å². The normalized spacial score (nSPS) is 22.7. The summed E-state index contributed by atoms with van der Waals surface area (Å²) in [4.78, 5) is 6.89. The van der Waals surface area contributed by atoms with Crippen molar-refractivity contribution < 1.29 is 12.8 Å². The monoisotopic (exact) mass is 391 g/mol. The van der Waals surface area contributed by atoms with E-state index < -0.39 is 10.0 Å². The summed E-state index contributed by atoms with van der Waals surface area (Å²) in [7, 11) is -3.55. The Morgan fingerprint density at radius 2 is 1.85 bits per heavy atom. The van der Waals surface area contributed by atoms with E-state index in [1.165, 1.54) is 6.42 Å². The second-order valence-corrected chi connectivity index (χ2v) is 9.68. The summed E-state index contributed by atoms with van der Waals surface area (Å²) in [5.74, 6) is 1.90.